The molecule has 1 unspecified atom stereocenters. The Morgan fingerprint density at radius 3 is 2.82 bits per heavy atom. The van der Waals surface area contributed by atoms with Gasteiger partial charge in [0.15, 0.2) is 6.04 Å². The first kappa shape index (κ1) is 13.6. The van der Waals surface area contributed by atoms with Crippen molar-refractivity contribution in [3.05, 3.63) is 22.9 Å². The van der Waals surface area contributed by atoms with E-state index in [0.29, 0.717) is 10.3 Å². The SMILES string of the molecule is CCOC(=O)C(N)C(=O)Nc1ccc(Br)nc1. The maximum Gasteiger partial charge on any atom is 0.332 e. The van der Waals surface area contributed by atoms with Gasteiger partial charge in [-0.2, -0.15) is 0 Å². The van der Waals surface area contributed by atoms with Crippen LogP contribution < -0.4 is 11.1 Å². The Bertz CT molecular complexity index is 408. The molecule has 1 amide bonds. The lowest BCUT2D eigenvalue weighted by molar-refractivity contribution is -0.146. The molecule has 0 aromatic carbocycles. The number of carbonyl (C=O) groups excluding carboxylic acids is 2. The molecule has 92 valence electrons. The number of nitrogens with zero attached hydrogens (tertiary/aromatic N) is 1. The number of esters is 1. The van der Waals surface area contributed by atoms with E-state index in [9.17, 15) is 9.59 Å². The minimum Gasteiger partial charge on any atom is -0.464 e. The summed E-state index contributed by atoms with van der Waals surface area (Å²) in [5.74, 6) is -1.39. The molecule has 17 heavy (non-hydrogen) atoms. The molecule has 0 bridgehead atoms. The molecule has 1 atom stereocenters. The van der Waals surface area contributed by atoms with E-state index in [-0.39, 0.29) is 6.61 Å². The van der Waals surface area contributed by atoms with Crippen molar-refractivity contribution in [1.29, 1.82) is 0 Å². The highest BCUT2D eigenvalue weighted by molar-refractivity contribution is 9.10. The van der Waals surface area contributed by atoms with Gasteiger partial charge < -0.3 is 15.8 Å². The first-order valence-electron chi connectivity index (χ1n) is 4.89. The van der Waals surface area contributed by atoms with Crippen LogP contribution in [-0.2, 0) is 14.3 Å². The summed E-state index contributed by atoms with van der Waals surface area (Å²) in [7, 11) is 0. The van der Waals surface area contributed by atoms with Gasteiger partial charge >= 0.3 is 5.97 Å². The first-order valence-corrected chi connectivity index (χ1v) is 5.68. The van der Waals surface area contributed by atoms with Crippen LogP contribution in [0.5, 0.6) is 0 Å². The van der Waals surface area contributed by atoms with Crippen LogP contribution in [0.1, 0.15) is 6.92 Å². The van der Waals surface area contributed by atoms with Gasteiger partial charge in [-0.05, 0) is 35.0 Å². The van der Waals surface area contributed by atoms with Gasteiger partial charge in [-0.15, -0.1) is 0 Å². The van der Waals surface area contributed by atoms with Gasteiger partial charge in [0.2, 0.25) is 0 Å². The first-order chi connectivity index (χ1) is 8.04. The Balaban J connectivity index is 2.59. The van der Waals surface area contributed by atoms with Crippen molar-refractivity contribution in [1.82, 2.24) is 4.98 Å². The Labute approximate surface area is 107 Å². The number of ether oxygens (including phenoxy) is 1. The summed E-state index contributed by atoms with van der Waals surface area (Å²) in [4.78, 5) is 26.7. The second-order valence-electron chi connectivity index (χ2n) is 3.09. The molecule has 0 fully saturated rings. The largest absolute Gasteiger partial charge is 0.464 e. The van der Waals surface area contributed by atoms with E-state index >= 15 is 0 Å². The molecule has 1 rings (SSSR count). The van der Waals surface area contributed by atoms with Gasteiger partial charge in [0.1, 0.15) is 4.60 Å². The summed E-state index contributed by atoms with van der Waals surface area (Å²) in [6.07, 6.45) is 1.44. The highest BCUT2D eigenvalue weighted by Gasteiger charge is 2.23. The van der Waals surface area contributed by atoms with E-state index < -0.39 is 17.9 Å². The van der Waals surface area contributed by atoms with E-state index in [4.69, 9.17) is 5.73 Å². The van der Waals surface area contributed by atoms with Crippen molar-refractivity contribution < 1.29 is 14.3 Å². The van der Waals surface area contributed by atoms with E-state index in [0.717, 1.165) is 0 Å². The van der Waals surface area contributed by atoms with Crippen LogP contribution in [0.15, 0.2) is 22.9 Å². The van der Waals surface area contributed by atoms with Crippen molar-refractivity contribution in [2.75, 3.05) is 11.9 Å². The predicted molar refractivity (Wildman–Crippen MR) is 65.2 cm³/mol. The second-order valence-corrected chi connectivity index (χ2v) is 3.90. The van der Waals surface area contributed by atoms with Gasteiger partial charge in [0, 0.05) is 0 Å². The number of nitrogens with two attached hydrogens (primary N) is 1. The molecule has 0 radical (unpaired) electrons. The van der Waals surface area contributed by atoms with E-state index in [2.05, 4.69) is 31.0 Å². The van der Waals surface area contributed by atoms with Crippen molar-refractivity contribution >= 4 is 33.5 Å². The van der Waals surface area contributed by atoms with Gasteiger partial charge in [-0.3, -0.25) is 4.79 Å². The van der Waals surface area contributed by atoms with Crippen LogP contribution in [0, 0.1) is 0 Å². The van der Waals surface area contributed by atoms with Crippen molar-refractivity contribution in [2.24, 2.45) is 5.73 Å². The number of amides is 1. The van der Waals surface area contributed by atoms with E-state index in [1.807, 2.05) is 0 Å². The molecule has 0 aliphatic rings. The van der Waals surface area contributed by atoms with Gasteiger partial charge in [0.05, 0.1) is 18.5 Å². The standard InChI is InChI=1S/C10H12BrN3O3/c1-2-17-10(16)8(12)9(15)14-6-3-4-7(11)13-5-6/h3-5,8H,2,12H2,1H3,(H,14,15). The van der Waals surface area contributed by atoms with E-state index in [1.54, 1.807) is 19.1 Å². The minimum atomic E-state index is -1.33. The fraction of sp³-hybridized carbons (Fsp3) is 0.300. The lowest BCUT2D eigenvalue weighted by atomic mass is 10.3. The van der Waals surface area contributed by atoms with Crippen molar-refractivity contribution in [3.8, 4) is 0 Å². The Hall–Kier alpha value is -1.47. The summed E-state index contributed by atoms with van der Waals surface area (Å²) < 4.78 is 5.28. The highest BCUT2D eigenvalue weighted by Crippen LogP contribution is 2.10. The minimum absolute atomic E-state index is 0.180. The molecule has 1 heterocycles. The number of hydrogen-bond donors (Lipinski definition) is 2. The molecule has 1 aromatic heterocycles. The lowest BCUT2D eigenvalue weighted by Crippen LogP contribution is -2.43. The molecule has 1 aromatic rings. The molecule has 0 saturated heterocycles. The molecular weight excluding hydrogens is 290 g/mol. The zero-order valence-electron chi connectivity index (χ0n) is 9.14. The number of anilines is 1. The number of nitrogens with one attached hydrogen (secondary N) is 1. The maximum atomic E-state index is 11.5. The highest BCUT2D eigenvalue weighted by atomic mass is 79.9. The molecule has 7 heteroatoms. The Kier molecular flexibility index (Phi) is 5.05. The fourth-order valence-electron chi connectivity index (χ4n) is 1.01. The third-order valence-corrected chi connectivity index (χ3v) is 2.29. The monoisotopic (exact) mass is 301 g/mol. The maximum absolute atomic E-state index is 11.5. The van der Waals surface area contributed by atoms with Crippen LogP contribution in [-0.4, -0.2) is 29.5 Å². The van der Waals surface area contributed by atoms with Crippen LogP contribution in [0.4, 0.5) is 5.69 Å². The lowest BCUT2D eigenvalue weighted by Gasteiger charge is -2.10. The zero-order valence-corrected chi connectivity index (χ0v) is 10.7. The van der Waals surface area contributed by atoms with Gasteiger partial charge in [0.25, 0.3) is 5.91 Å². The normalized spacial score (nSPS) is 11.7. The van der Waals surface area contributed by atoms with Crippen LogP contribution in [0.25, 0.3) is 0 Å². The average Bonchev–Trinajstić information content (AvgIpc) is 2.31. The number of hydrogen-bond acceptors (Lipinski definition) is 5. The van der Waals surface area contributed by atoms with Crippen LogP contribution >= 0.6 is 15.9 Å². The predicted octanol–water partition coefficient (Wildman–Crippen LogP) is 0.673. The third kappa shape index (κ3) is 4.12. The van der Waals surface area contributed by atoms with Crippen molar-refractivity contribution in [3.63, 3.8) is 0 Å². The molecule has 0 spiro atoms. The topological polar surface area (TPSA) is 94.3 Å². The summed E-state index contributed by atoms with van der Waals surface area (Å²) >= 11 is 3.16. The van der Waals surface area contributed by atoms with Crippen molar-refractivity contribution in [2.45, 2.75) is 13.0 Å². The summed E-state index contributed by atoms with van der Waals surface area (Å²) in [6, 6.07) is 1.96. The fourth-order valence-corrected chi connectivity index (χ4v) is 1.24. The van der Waals surface area contributed by atoms with Gasteiger partial charge in [-0.25, -0.2) is 9.78 Å². The summed E-state index contributed by atoms with van der Waals surface area (Å²) in [5.41, 5.74) is 5.86. The number of aromatic nitrogens is 1. The summed E-state index contributed by atoms with van der Waals surface area (Å²) in [6.45, 7) is 1.82. The molecule has 0 saturated carbocycles. The smallest absolute Gasteiger partial charge is 0.332 e. The van der Waals surface area contributed by atoms with Crippen LogP contribution in [0.3, 0.4) is 0 Å². The third-order valence-electron chi connectivity index (χ3n) is 1.82. The quantitative estimate of drug-likeness (QED) is 0.484. The summed E-state index contributed by atoms with van der Waals surface area (Å²) in [5, 5.41) is 2.46. The molecule has 0 aliphatic heterocycles. The Morgan fingerprint density at radius 1 is 1.59 bits per heavy atom. The number of carbonyl (C=O) groups is 2. The zero-order chi connectivity index (χ0) is 12.8. The number of halogens is 1. The molecular formula is C10H12BrN3O3. The molecule has 3 N–H and O–H groups in total. The van der Waals surface area contributed by atoms with Crippen LogP contribution in [0.2, 0.25) is 0 Å². The molecule has 0 aliphatic carbocycles. The Morgan fingerprint density at radius 2 is 2.29 bits per heavy atom. The average molecular weight is 302 g/mol. The number of rotatable bonds is 4. The molecule has 6 nitrogen and oxygen atoms in total. The van der Waals surface area contributed by atoms with Gasteiger partial charge in [-0.1, -0.05) is 0 Å². The second kappa shape index (κ2) is 6.31. The van der Waals surface area contributed by atoms with E-state index in [1.165, 1.54) is 6.20 Å². The number of pyridine rings is 1.